The molecule has 1 amide bonds. The van der Waals surface area contributed by atoms with Gasteiger partial charge in [-0.05, 0) is 68.5 Å². The number of sulfonamides is 1. The molecule has 0 saturated carbocycles. The lowest BCUT2D eigenvalue weighted by molar-refractivity contribution is 0.0946. The van der Waals surface area contributed by atoms with Gasteiger partial charge in [-0.3, -0.25) is 4.79 Å². The van der Waals surface area contributed by atoms with E-state index >= 15 is 0 Å². The first-order valence-corrected chi connectivity index (χ1v) is 14.0. The van der Waals surface area contributed by atoms with E-state index in [4.69, 9.17) is 4.74 Å². The number of nitrogens with one attached hydrogen (secondary N) is 1. The predicted octanol–water partition coefficient (Wildman–Crippen LogP) is 4.04. The lowest BCUT2D eigenvalue weighted by Gasteiger charge is -2.18. The van der Waals surface area contributed by atoms with Crippen molar-refractivity contribution in [3.8, 4) is 16.9 Å². The molecule has 5 rings (SSSR count). The van der Waals surface area contributed by atoms with Gasteiger partial charge in [-0.15, -0.1) is 0 Å². The van der Waals surface area contributed by atoms with Crippen molar-refractivity contribution < 1.29 is 17.9 Å². The van der Waals surface area contributed by atoms with Crippen LogP contribution in [0.25, 0.3) is 16.8 Å². The zero-order valence-corrected chi connectivity index (χ0v) is 22.8. The molecule has 3 heterocycles. The predicted molar refractivity (Wildman–Crippen MR) is 145 cm³/mol. The molecule has 0 spiro atoms. The second kappa shape index (κ2) is 10.2. The molecule has 1 saturated heterocycles. The maximum Gasteiger partial charge on any atom is 0.272 e. The molecule has 0 aliphatic carbocycles. The Bertz CT molecular complexity index is 1640. The molecule has 1 N–H and O–H groups in total. The highest BCUT2D eigenvalue weighted by Gasteiger charge is 2.31. The Labute approximate surface area is 222 Å². The highest BCUT2D eigenvalue weighted by Crippen LogP contribution is 2.36. The summed E-state index contributed by atoms with van der Waals surface area (Å²) in [6, 6.07) is 14.7. The van der Waals surface area contributed by atoms with Crippen LogP contribution in [0.15, 0.2) is 53.4 Å². The largest absolute Gasteiger partial charge is 0.495 e. The van der Waals surface area contributed by atoms with Crippen molar-refractivity contribution in [2.75, 3.05) is 20.2 Å². The molecule has 0 unspecified atom stereocenters. The average Bonchev–Trinajstić information content (AvgIpc) is 3.57. The van der Waals surface area contributed by atoms with Crippen LogP contribution in [0, 0.1) is 20.8 Å². The first-order valence-electron chi connectivity index (χ1n) is 12.6. The van der Waals surface area contributed by atoms with Crippen LogP contribution in [-0.2, 0) is 16.6 Å². The van der Waals surface area contributed by atoms with Crippen molar-refractivity contribution in [1.29, 1.82) is 0 Å². The number of benzene rings is 2. The van der Waals surface area contributed by atoms with Crippen LogP contribution >= 0.6 is 0 Å². The Kier molecular flexibility index (Phi) is 6.93. The fourth-order valence-electron chi connectivity index (χ4n) is 4.91. The number of methoxy groups -OCH3 is 1. The highest BCUT2D eigenvalue weighted by molar-refractivity contribution is 7.89. The van der Waals surface area contributed by atoms with Gasteiger partial charge in [-0.25, -0.2) is 17.9 Å². The van der Waals surface area contributed by atoms with E-state index in [0.717, 1.165) is 35.4 Å². The lowest BCUT2D eigenvalue weighted by Crippen LogP contribution is -2.28. The summed E-state index contributed by atoms with van der Waals surface area (Å²) < 4.78 is 35.6. The van der Waals surface area contributed by atoms with Crippen molar-refractivity contribution in [1.82, 2.24) is 24.2 Å². The SMILES string of the molecule is COc1ccc(-c2c(C(=O)NCc3ccccc3C)nn3c(C)cc(C)nc23)cc1S(=O)(=O)N1CCCC1. The summed E-state index contributed by atoms with van der Waals surface area (Å²) in [7, 11) is -2.34. The number of hydrogen-bond acceptors (Lipinski definition) is 6. The zero-order chi connectivity index (χ0) is 27.0. The van der Waals surface area contributed by atoms with Gasteiger partial charge in [-0.1, -0.05) is 30.3 Å². The van der Waals surface area contributed by atoms with Gasteiger partial charge in [0, 0.05) is 31.0 Å². The summed E-state index contributed by atoms with van der Waals surface area (Å²) in [5, 5.41) is 7.61. The molecular weight excluding hydrogens is 502 g/mol. The van der Waals surface area contributed by atoms with Crippen LogP contribution in [-0.4, -0.2) is 53.4 Å². The van der Waals surface area contributed by atoms with Gasteiger partial charge in [-0.2, -0.15) is 9.40 Å². The molecule has 1 fully saturated rings. The second-order valence-corrected chi connectivity index (χ2v) is 11.5. The number of hydrogen-bond donors (Lipinski definition) is 1. The van der Waals surface area contributed by atoms with E-state index in [0.29, 0.717) is 36.4 Å². The second-order valence-electron chi connectivity index (χ2n) is 9.58. The molecule has 0 bridgehead atoms. The van der Waals surface area contributed by atoms with Gasteiger partial charge in [0.1, 0.15) is 10.6 Å². The number of aromatic nitrogens is 3. The summed E-state index contributed by atoms with van der Waals surface area (Å²) in [5.74, 6) is -0.117. The molecule has 0 atom stereocenters. The molecule has 4 aromatic rings. The van der Waals surface area contributed by atoms with Crippen LogP contribution in [0.4, 0.5) is 0 Å². The topological polar surface area (TPSA) is 106 Å². The third-order valence-corrected chi connectivity index (χ3v) is 8.87. The van der Waals surface area contributed by atoms with Crippen LogP contribution in [0.5, 0.6) is 5.75 Å². The molecule has 2 aromatic carbocycles. The summed E-state index contributed by atoms with van der Waals surface area (Å²) >= 11 is 0. The van der Waals surface area contributed by atoms with E-state index in [-0.39, 0.29) is 22.2 Å². The maximum atomic E-state index is 13.5. The van der Waals surface area contributed by atoms with Crippen molar-refractivity contribution in [2.45, 2.75) is 45.1 Å². The minimum absolute atomic E-state index is 0.0643. The van der Waals surface area contributed by atoms with E-state index in [9.17, 15) is 13.2 Å². The van der Waals surface area contributed by atoms with E-state index in [2.05, 4.69) is 15.4 Å². The molecular formula is C28H31N5O4S. The number of rotatable bonds is 7. The van der Waals surface area contributed by atoms with Gasteiger partial charge in [0.2, 0.25) is 10.0 Å². The van der Waals surface area contributed by atoms with Crippen molar-refractivity contribution >= 4 is 21.6 Å². The zero-order valence-electron chi connectivity index (χ0n) is 22.0. The normalized spacial score (nSPS) is 14.2. The molecule has 2 aromatic heterocycles. The number of fused-ring (bicyclic) bond motifs is 1. The highest BCUT2D eigenvalue weighted by atomic mass is 32.2. The summed E-state index contributed by atoms with van der Waals surface area (Å²) in [4.78, 5) is 18.3. The smallest absolute Gasteiger partial charge is 0.272 e. The molecule has 198 valence electrons. The molecule has 9 nitrogen and oxygen atoms in total. The van der Waals surface area contributed by atoms with Crippen LogP contribution in [0.2, 0.25) is 0 Å². The Morgan fingerprint density at radius 3 is 2.50 bits per heavy atom. The maximum absolute atomic E-state index is 13.5. The van der Waals surface area contributed by atoms with E-state index in [1.54, 1.807) is 22.7 Å². The molecule has 10 heteroatoms. The number of nitrogens with zero attached hydrogens (tertiary/aromatic N) is 4. The van der Waals surface area contributed by atoms with E-state index in [1.807, 2.05) is 51.1 Å². The monoisotopic (exact) mass is 533 g/mol. The number of amides is 1. The third-order valence-electron chi connectivity index (χ3n) is 6.95. The average molecular weight is 534 g/mol. The third kappa shape index (κ3) is 4.65. The Morgan fingerprint density at radius 2 is 1.79 bits per heavy atom. The minimum atomic E-state index is -3.79. The van der Waals surface area contributed by atoms with Gasteiger partial charge in [0.05, 0.1) is 12.7 Å². The van der Waals surface area contributed by atoms with Crippen LogP contribution in [0.1, 0.15) is 45.8 Å². The minimum Gasteiger partial charge on any atom is -0.495 e. The van der Waals surface area contributed by atoms with Gasteiger partial charge in [0.25, 0.3) is 5.91 Å². The number of carbonyl (C=O) groups excluding carboxylic acids is 1. The van der Waals surface area contributed by atoms with Gasteiger partial charge < -0.3 is 10.1 Å². The fraction of sp³-hybridized carbons (Fsp3) is 0.321. The van der Waals surface area contributed by atoms with Crippen molar-refractivity contribution in [2.24, 2.45) is 0 Å². The van der Waals surface area contributed by atoms with Gasteiger partial charge >= 0.3 is 0 Å². The van der Waals surface area contributed by atoms with E-state index in [1.165, 1.54) is 11.4 Å². The first kappa shape index (κ1) is 25.9. The number of carbonyl (C=O) groups is 1. The number of aryl methyl sites for hydroxylation is 3. The first-order chi connectivity index (χ1) is 18.2. The molecule has 38 heavy (non-hydrogen) atoms. The quantitative estimate of drug-likeness (QED) is 0.384. The summed E-state index contributed by atoms with van der Waals surface area (Å²) in [6.45, 7) is 7.04. The van der Waals surface area contributed by atoms with Crippen LogP contribution < -0.4 is 10.1 Å². The standard InChI is InChI=1S/C28H31N5O4S/c1-18-9-5-6-10-22(18)17-29-28(34)26-25(27-30-19(2)15-20(3)33(27)31-26)21-11-12-23(37-4)24(16-21)38(35,36)32-13-7-8-14-32/h5-6,9-12,15-16H,7-8,13-14,17H2,1-4H3,(H,29,34). The lowest BCUT2D eigenvalue weighted by atomic mass is 10.0. The fourth-order valence-corrected chi connectivity index (χ4v) is 6.61. The number of ether oxygens (including phenoxy) is 1. The van der Waals surface area contributed by atoms with Crippen LogP contribution in [0.3, 0.4) is 0 Å². The molecule has 1 aliphatic rings. The Balaban J connectivity index is 1.65. The Morgan fingerprint density at radius 1 is 1.05 bits per heavy atom. The van der Waals surface area contributed by atoms with Crippen molar-refractivity contribution in [3.63, 3.8) is 0 Å². The Hall–Kier alpha value is -3.76. The van der Waals surface area contributed by atoms with Crippen molar-refractivity contribution in [3.05, 3.63) is 76.7 Å². The van der Waals surface area contributed by atoms with E-state index < -0.39 is 10.0 Å². The summed E-state index contributed by atoms with van der Waals surface area (Å²) in [5.41, 5.74) is 5.30. The van der Waals surface area contributed by atoms with Gasteiger partial charge in [0.15, 0.2) is 11.3 Å². The molecule has 0 radical (unpaired) electrons. The summed E-state index contributed by atoms with van der Waals surface area (Å²) in [6.07, 6.45) is 1.64. The molecule has 1 aliphatic heterocycles.